The van der Waals surface area contributed by atoms with Gasteiger partial charge in [-0.2, -0.15) is 0 Å². The van der Waals surface area contributed by atoms with Crippen molar-refractivity contribution in [3.8, 4) is 11.5 Å². The Kier molecular flexibility index (Phi) is 4.46. The molecule has 1 saturated heterocycles. The summed E-state index contributed by atoms with van der Waals surface area (Å²) in [4.78, 5) is 12.9. The number of nitrogens with zero attached hydrogens (tertiary/aromatic N) is 1. The number of hydrogen-bond donors (Lipinski definition) is 3. The van der Waals surface area contributed by atoms with E-state index >= 15 is 0 Å². The molecule has 110 valence electrons. The molecule has 2 atom stereocenters. The Labute approximate surface area is 117 Å². The van der Waals surface area contributed by atoms with E-state index in [0.29, 0.717) is 25.3 Å². The lowest BCUT2D eigenvalue weighted by Crippen LogP contribution is -2.47. The van der Waals surface area contributed by atoms with Gasteiger partial charge in [0.05, 0.1) is 19.6 Å². The molecule has 0 saturated carbocycles. The lowest BCUT2D eigenvalue weighted by molar-refractivity contribution is -0.140. The van der Waals surface area contributed by atoms with Crippen LogP contribution in [0.2, 0.25) is 0 Å². The van der Waals surface area contributed by atoms with Crippen LogP contribution in [0.3, 0.4) is 0 Å². The number of aromatic hydroxyl groups is 2. The summed E-state index contributed by atoms with van der Waals surface area (Å²) in [7, 11) is 0. The summed E-state index contributed by atoms with van der Waals surface area (Å²) in [5.74, 6) is -0.707. The maximum atomic E-state index is 10.9. The SMILES string of the molecule is CC(c1cc(O)ccc1O)N1CCOCC1CC(=O)O. The number of carboxylic acid groups (broad SMARTS) is 1. The first-order valence-electron chi connectivity index (χ1n) is 6.56. The van der Waals surface area contributed by atoms with Crippen LogP contribution in [0.5, 0.6) is 11.5 Å². The number of aliphatic carboxylic acids is 1. The van der Waals surface area contributed by atoms with E-state index in [0.717, 1.165) is 0 Å². The maximum Gasteiger partial charge on any atom is 0.305 e. The van der Waals surface area contributed by atoms with Crippen molar-refractivity contribution in [3.05, 3.63) is 23.8 Å². The molecule has 6 heteroatoms. The molecule has 0 spiro atoms. The fraction of sp³-hybridized carbons (Fsp3) is 0.500. The van der Waals surface area contributed by atoms with Gasteiger partial charge in [-0.15, -0.1) is 0 Å². The van der Waals surface area contributed by atoms with Crippen LogP contribution in [-0.2, 0) is 9.53 Å². The number of ether oxygens (including phenoxy) is 1. The summed E-state index contributed by atoms with van der Waals surface area (Å²) in [6.07, 6.45) is -0.0100. The average Bonchev–Trinajstić information content (AvgIpc) is 2.41. The van der Waals surface area contributed by atoms with Gasteiger partial charge in [0.2, 0.25) is 0 Å². The number of phenolic OH excluding ortho intramolecular Hbond substituents is 2. The molecule has 1 aliphatic rings. The van der Waals surface area contributed by atoms with Crippen LogP contribution in [-0.4, -0.2) is 52.0 Å². The maximum absolute atomic E-state index is 10.9. The second-order valence-electron chi connectivity index (χ2n) is 4.98. The van der Waals surface area contributed by atoms with Gasteiger partial charge in [-0.1, -0.05) is 0 Å². The fourth-order valence-electron chi connectivity index (χ4n) is 2.61. The molecule has 0 bridgehead atoms. The smallest absolute Gasteiger partial charge is 0.305 e. The third-order valence-electron chi connectivity index (χ3n) is 3.64. The van der Waals surface area contributed by atoms with Gasteiger partial charge in [-0.05, 0) is 25.1 Å². The van der Waals surface area contributed by atoms with E-state index in [9.17, 15) is 15.0 Å². The van der Waals surface area contributed by atoms with Crippen molar-refractivity contribution in [3.63, 3.8) is 0 Å². The lowest BCUT2D eigenvalue weighted by Gasteiger charge is -2.39. The van der Waals surface area contributed by atoms with E-state index in [1.54, 1.807) is 0 Å². The molecule has 0 radical (unpaired) electrons. The van der Waals surface area contributed by atoms with E-state index in [2.05, 4.69) is 0 Å². The summed E-state index contributed by atoms with van der Waals surface area (Å²) in [5, 5.41) is 28.4. The molecule has 1 heterocycles. The molecule has 1 aromatic rings. The Bertz CT molecular complexity index is 490. The quantitative estimate of drug-likeness (QED) is 0.721. The zero-order valence-electron chi connectivity index (χ0n) is 11.3. The van der Waals surface area contributed by atoms with Crippen LogP contribution in [0.25, 0.3) is 0 Å². The van der Waals surface area contributed by atoms with Gasteiger partial charge in [0.1, 0.15) is 11.5 Å². The highest BCUT2D eigenvalue weighted by Crippen LogP contribution is 2.33. The lowest BCUT2D eigenvalue weighted by atomic mass is 10.0. The topological polar surface area (TPSA) is 90.2 Å². The Hall–Kier alpha value is -1.79. The highest BCUT2D eigenvalue weighted by Gasteiger charge is 2.30. The summed E-state index contributed by atoms with van der Waals surface area (Å²) >= 11 is 0. The molecule has 20 heavy (non-hydrogen) atoms. The molecule has 2 unspecified atom stereocenters. The molecular weight excluding hydrogens is 262 g/mol. The van der Waals surface area contributed by atoms with Crippen molar-refractivity contribution in [2.75, 3.05) is 19.8 Å². The third kappa shape index (κ3) is 3.20. The van der Waals surface area contributed by atoms with Crippen molar-refractivity contribution in [2.45, 2.75) is 25.4 Å². The van der Waals surface area contributed by atoms with Crippen LogP contribution < -0.4 is 0 Å². The normalized spacial score (nSPS) is 21.6. The van der Waals surface area contributed by atoms with Gasteiger partial charge >= 0.3 is 5.97 Å². The van der Waals surface area contributed by atoms with Gasteiger partial charge in [-0.25, -0.2) is 0 Å². The minimum atomic E-state index is -0.877. The summed E-state index contributed by atoms with van der Waals surface area (Å²) in [6.45, 7) is 3.36. The second kappa shape index (κ2) is 6.11. The van der Waals surface area contributed by atoms with Gasteiger partial charge in [0.15, 0.2) is 0 Å². The Balaban J connectivity index is 2.22. The van der Waals surface area contributed by atoms with Crippen molar-refractivity contribution < 1.29 is 24.9 Å². The number of carboxylic acids is 1. The zero-order valence-corrected chi connectivity index (χ0v) is 11.3. The van der Waals surface area contributed by atoms with Crippen LogP contribution in [0.1, 0.15) is 24.9 Å². The first kappa shape index (κ1) is 14.6. The molecule has 1 aliphatic heterocycles. The molecule has 0 aliphatic carbocycles. The third-order valence-corrected chi connectivity index (χ3v) is 3.64. The Morgan fingerprint density at radius 2 is 2.25 bits per heavy atom. The fourth-order valence-corrected chi connectivity index (χ4v) is 2.61. The zero-order chi connectivity index (χ0) is 14.7. The van der Waals surface area contributed by atoms with Crippen LogP contribution >= 0.6 is 0 Å². The van der Waals surface area contributed by atoms with Gasteiger partial charge < -0.3 is 20.1 Å². The monoisotopic (exact) mass is 281 g/mol. The predicted octanol–water partition coefficient (Wildman–Crippen LogP) is 1.33. The van der Waals surface area contributed by atoms with Crippen LogP contribution in [0.4, 0.5) is 0 Å². The van der Waals surface area contributed by atoms with Gasteiger partial charge in [0, 0.05) is 24.2 Å². The molecule has 3 N–H and O–H groups in total. The van der Waals surface area contributed by atoms with Crippen molar-refractivity contribution >= 4 is 5.97 Å². The molecule has 1 aromatic carbocycles. The van der Waals surface area contributed by atoms with E-state index in [1.807, 2.05) is 11.8 Å². The largest absolute Gasteiger partial charge is 0.508 e. The molecule has 2 rings (SSSR count). The predicted molar refractivity (Wildman–Crippen MR) is 71.8 cm³/mol. The van der Waals surface area contributed by atoms with Crippen molar-refractivity contribution in [1.29, 1.82) is 0 Å². The van der Waals surface area contributed by atoms with Crippen LogP contribution in [0.15, 0.2) is 18.2 Å². The summed E-state index contributed by atoms with van der Waals surface area (Å²) in [6, 6.07) is 3.93. The van der Waals surface area contributed by atoms with E-state index in [1.165, 1.54) is 18.2 Å². The van der Waals surface area contributed by atoms with Gasteiger partial charge in [-0.3, -0.25) is 9.69 Å². The number of benzene rings is 1. The van der Waals surface area contributed by atoms with Gasteiger partial charge in [0.25, 0.3) is 0 Å². The van der Waals surface area contributed by atoms with Crippen LogP contribution in [0, 0.1) is 0 Å². The molecule has 0 aromatic heterocycles. The second-order valence-corrected chi connectivity index (χ2v) is 4.98. The minimum Gasteiger partial charge on any atom is -0.508 e. The number of carbonyl (C=O) groups is 1. The molecule has 0 amide bonds. The van der Waals surface area contributed by atoms with Crippen molar-refractivity contribution in [1.82, 2.24) is 4.90 Å². The van der Waals surface area contributed by atoms with Crippen molar-refractivity contribution in [2.24, 2.45) is 0 Å². The Morgan fingerprint density at radius 1 is 1.50 bits per heavy atom. The van der Waals surface area contributed by atoms with E-state index in [4.69, 9.17) is 9.84 Å². The number of rotatable bonds is 4. The number of morpholine rings is 1. The number of phenols is 2. The molecule has 6 nitrogen and oxygen atoms in total. The van der Waals surface area contributed by atoms with E-state index < -0.39 is 5.97 Å². The number of hydrogen-bond acceptors (Lipinski definition) is 5. The Morgan fingerprint density at radius 3 is 2.95 bits per heavy atom. The minimum absolute atomic E-state index is 0.0100. The van der Waals surface area contributed by atoms with E-state index in [-0.39, 0.29) is 30.0 Å². The first-order valence-corrected chi connectivity index (χ1v) is 6.56. The average molecular weight is 281 g/mol. The standard InChI is InChI=1S/C14H19NO5/c1-9(12-7-11(16)2-3-13(12)17)15-4-5-20-8-10(15)6-14(18)19/h2-3,7,9-10,16-17H,4-6,8H2,1H3,(H,18,19). The summed E-state index contributed by atoms with van der Waals surface area (Å²) in [5.41, 5.74) is 0.585. The highest BCUT2D eigenvalue weighted by atomic mass is 16.5. The molecular formula is C14H19NO5. The highest BCUT2D eigenvalue weighted by molar-refractivity contribution is 5.67. The first-order chi connectivity index (χ1) is 9.49. The molecule has 1 fully saturated rings. The summed E-state index contributed by atoms with van der Waals surface area (Å²) < 4.78 is 5.34.